The molecule has 1 fully saturated rings. The van der Waals surface area contributed by atoms with E-state index in [0.717, 1.165) is 27.7 Å². The number of carbonyl (C=O) groups is 2. The molecule has 0 saturated carbocycles. The minimum atomic E-state index is -1.37. The van der Waals surface area contributed by atoms with Crippen molar-refractivity contribution in [2.24, 2.45) is 5.92 Å². The van der Waals surface area contributed by atoms with Gasteiger partial charge in [-0.05, 0) is 50.7 Å². The van der Waals surface area contributed by atoms with Gasteiger partial charge in [-0.2, -0.15) is 0 Å². The van der Waals surface area contributed by atoms with Crippen LogP contribution >= 0.6 is 0 Å². The monoisotopic (exact) mass is 345 g/mol. The number of fused-ring (bicyclic) bond motifs is 1. The SMILES string of the molecule is Cc1ccc(C)c2c(C)c(C(=O)N3CCC(C(O)C(=O)O)CC3)oc12. The highest BCUT2D eigenvalue weighted by molar-refractivity contribution is 6.00. The average molecular weight is 345 g/mol. The maximum atomic E-state index is 12.9. The van der Waals surface area contributed by atoms with E-state index in [1.165, 1.54) is 0 Å². The molecule has 1 saturated heterocycles. The Morgan fingerprint density at radius 3 is 2.32 bits per heavy atom. The van der Waals surface area contributed by atoms with Gasteiger partial charge in [0, 0.05) is 24.0 Å². The number of amides is 1. The summed E-state index contributed by atoms with van der Waals surface area (Å²) >= 11 is 0. The zero-order chi connectivity index (χ0) is 18.3. The summed E-state index contributed by atoms with van der Waals surface area (Å²) in [5, 5.41) is 19.6. The third-order valence-electron chi connectivity index (χ3n) is 5.20. The number of aryl methyl sites for hydroxylation is 3. The second kappa shape index (κ2) is 6.52. The number of aliphatic hydroxyl groups is 1. The lowest BCUT2D eigenvalue weighted by Gasteiger charge is -2.32. The number of carboxylic acids is 1. The molecule has 1 aliphatic heterocycles. The first-order valence-electron chi connectivity index (χ1n) is 8.50. The molecule has 0 aliphatic carbocycles. The molecule has 25 heavy (non-hydrogen) atoms. The zero-order valence-corrected chi connectivity index (χ0v) is 14.7. The van der Waals surface area contributed by atoms with Crippen molar-refractivity contribution in [3.63, 3.8) is 0 Å². The number of piperidine rings is 1. The Labute approximate surface area is 146 Å². The fourth-order valence-electron chi connectivity index (χ4n) is 3.64. The van der Waals surface area contributed by atoms with E-state index in [9.17, 15) is 14.7 Å². The normalized spacial score (nSPS) is 17.0. The Morgan fingerprint density at radius 2 is 1.76 bits per heavy atom. The first-order chi connectivity index (χ1) is 11.8. The summed E-state index contributed by atoms with van der Waals surface area (Å²) in [6.45, 7) is 6.69. The molecule has 1 aliphatic rings. The van der Waals surface area contributed by atoms with Crippen LogP contribution in [-0.4, -0.2) is 46.2 Å². The molecule has 2 heterocycles. The Hall–Kier alpha value is -2.34. The topological polar surface area (TPSA) is 91.0 Å². The summed E-state index contributed by atoms with van der Waals surface area (Å²) in [6, 6.07) is 4.00. The third kappa shape index (κ3) is 3.02. The molecular weight excluding hydrogens is 322 g/mol. The van der Waals surface area contributed by atoms with Crippen LogP contribution in [0.25, 0.3) is 11.0 Å². The van der Waals surface area contributed by atoms with Crippen LogP contribution in [0.2, 0.25) is 0 Å². The van der Waals surface area contributed by atoms with E-state index in [2.05, 4.69) is 0 Å². The molecule has 1 aromatic carbocycles. The number of likely N-dealkylation sites (tertiary alicyclic amines) is 1. The summed E-state index contributed by atoms with van der Waals surface area (Å²) in [4.78, 5) is 25.5. The van der Waals surface area contributed by atoms with Crippen molar-refractivity contribution in [3.8, 4) is 0 Å². The van der Waals surface area contributed by atoms with Gasteiger partial charge in [-0.1, -0.05) is 12.1 Å². The summed E-state index contributed by atoms with van der Waals surface area (Å²) in [5.74, 6) is -1.34. The molecule has 0 spiro atoms. The van der Waals surface area contributed by atoms with Crippen LogP contribution in [0.15, 0.2) is 16.5 Å². The molecule has 2 N–H and O–H groups in total. The van der Waals surface area contributed by atoms with Gasteiger partial charge in [-0.3, -0.25) is 4.79 Å². The van der Waals surface area contributed by atoms with Gasteiger partial charge in [0.25, 0.3) is 5.91 Å². The Bertz CT molecular complexity index is 830. The van der Waals surface area contributed by atoms with E-state index in [-0.39, 0.29) is 11.8 Å². The van der Waals surface area contributed by atoms with Crippen LogP contribution in [0.4, 0.5) is 0 Å². The van der Waals surface area contributed by atoms with E-state index >= 15 is 0 Å². The molecule has 6 heteroatoms. The summed E-state index contributed by atoms with van der Waals surface area (Å²) < 4.78 is 5.90. The largest absolute Gasteiger partial charge is 0.479 e. The minimum Gasteiger partial charge on any atom is -0.479 e. The molecule has 1 unspecified atom stereocenters. The van der Waals surface area contributed by atoms with E-state index in [0.29, 0.717) is 31.7 Å². The van der Waals surface area contributed by atoms with E-state index < -0.39 is 12.1 Å². The molecule has 0 bridgehead atoms. The molecule has 1 atom stereocenters. The molecule has 0 radical (unpaired) electrons. The summed E-state index contributed by atoms with van der Waals surface area (Å²) in [7, 11) is 0. The molecular formula is C19H23NO5. The maximum Gasteiger partial charge on any atom is 0.332 e. The van der Waals surface area contributed by atoms with Crippen LogP contribution in [-0.2, 0) is 4.79 Å². The van der Waals surface area contributed by atoms with E-state index in [1.807, 2.05) is 32.9 Å². The zero-order valence-electron chi connectivity index (χ0n) is 14.7. The lowest BCUT2D eigenvalue weighted by atomic mass is 9.91. The molecule has 1 amide bonds. The van der Waals surface area contributed by atoms with Crippen LogP contribution in [0.5, 0.6) is 0 Å². The van der Waals surface area contributed by atoms with Gasteiger partial charge in [-0.15, -0.1) is 0 Å². The second-order valence-corrected chi connectivity index (χ2v) is 6.87. The van der Waals surface area contributed by atoms with Crippen LogP contribution < -0.4 is 0 Å². The summed E-state index contributed by atoms with van der Waals surface area (Å²) in [5.41, 5.74) is 3.65. The highest BCUT2D eigenvalue weighted by Gasteiger charge is 2.33. The highest BCUT2D eigenvalue weighted by atomic mass is 16.4. The lowest BCUT2D eigenvalue weighted by molar-refractivity contribution is -0.150. The van der Waals surface area contributed by atoms with Gasteiger partial charge >= 0.3 is 5.97 Å². The number of rotatable bonds is 3. The minimum absolute atomic E-state index is 0.171. The second-order valence-electron chi connectivity index (χ2n) is 6.87. The number of hydrogen-bond donors (Lipinski definition) is 2. The highest BCUT2D eigenvalue weighted by Crippen LogP contribution is 2.32. The van der Waals surface area contributed by atoms with Crippen molar-refractivity contribution >= 4 is 22.8 Å². The van der Waals surface area contributed by atoms with Crippen molar-refractivity contribution in [3.05, 3.63) is 34.6 Å². The first-order valence-corrected chi connectivity index (χ1v) is 8.50. The number of carboxylic acid groups (broad SMARTS) is 1. The molecule has 134 valence electrons. The summed E-state index contributed by atoms with van der Waals surface area (Å²) in [6.07, 6.45) is -0.428. The van der Waals surface area contributed by atoms with Gasteiger partial charge in [0.2, 0.25) is 0 Å². The molecule has 1 aromatic heterocycles. The first kappa shape index (κ1) is 17.5. The van der Waals surface area contributed by atoms with E-state index in [1.54, 1.807) is 4.90 Å². The third-order valence-corrected chi connectivity index (χ3v) is 5.20. The number of furan rings is 1. The van der Waals surface area contributed by atoms with Gasteiger partial charge in [0.15, 0.2) is 11.9 Å². The number of hydrogen-bond acceptors (Lipinski definition) is 4. The van der Waals surface area contributed by atoms with Gasteiger partial charge in [0.05, 0.1) is 0 Å². The quantitative estimate of drug-likeness (QED) is 0.892. The van der Waals surface area contributed by atoms with Crippen molar-refractivity contribution in [2.75, 3.05) is 13.1 Å². The smallest absolute Gasteiger partial charge is 0.332 e. The Morgan fingerprint density at radius 1 is 1.16 bits per heavy atom. The maximum absolute atomic E-state index is 12.9. The Balaban J connectivity index is 1.82. The fourth-order valence-corrected chi connectivity index (χ4v) is 3.64. The van der Waals surface area contributed by atoms with Crippen LogP contribution in [0, 0.1) is 26.7 Å². The standard InChI is InChI=1S/C19H23NO5/c1-10-4-5-11(2)16-14(10)12(3)17(25-16)18(22)20-8-6-13(7-9-20)15(21)19(23)24/h4-5,13,15,21H,6-9H2,1-3H3,(H,23,24). The Kier molecular flexibility index (Phi) is 4.56. The number of nitrogens with zero attached hydrogens (tertiary/aromatic N) is 1. The average Bonchev–Trinajstić information content (AvgIpc) is 2.95. The molecule has 2 aromatic rings. The van der Waals surface area contributed by atoms with Gasteiger partial charge < -0.3 is 19.5 Å². The van der Waals surface area contributed by atoms with Crippen molar-refractivity contribution < 1.29 is 24.2 Å². The fraction of sp³-hybridized carbons (Fsp3) is 0.474. The molecule has 6 nitrogen and oxygen atoms in total. The van der Waals surface area contributed by atoms with Crippen molar-refractivity contribution in [1.82, 2.24) is 4.90 Å². The predicted octanol–water partition coefficient (Wildman–Crippen LogP) is 2.66. The number of aliphatic hydroxyl groups excluding tert-OH is 1. The molecule has 3 rings (SSSR count). The lowest BCUT2D eigenvalue weighted by Crippen LogP contribution is -2.43. The number of carbonyl (C=O) groups excluding carboxylic acids is 1. The van der Waals surface area contributed by atoms with Crippen LogP contribution in [0.1, 0.15) is 40.1 Å². The van der Waals surface area contributed by atoms with E-state index in [4.69, 9.17) is 9.52 Å². The van der Waals surface area contributed by atoms with Crippen molar-refractivity contribution in [2.45, 2.75) is 39.7 Å². The van der Waals surface area contributed by atoms with Crippen molar-refractivity contribution in [1.29, 1.82) is 0 Å². The predicted molar refractivity (Wildman–Crippen MR) is 92.7 cm³/mol. The number of benzene rings is 1. The number of aliphatic carboxylic acids is 1. The van der Waals surface area contributed by atoms with Crippen LogP contribution in [0.3, 0.4) is 0 Å². The van der Waals surface area contributed by atoms with Gasteiger partial charge in [-0.25, -0.2) is 4.79 Å². The van der Waals surface area contributed by atoms with Gasteiger partial charge in [0.1, 0.15) is 5.58 Å².